The summed E-state index contributed by atoms with van der Waals surface area (Å²) in [6.45, 7) is 3.04. The lowest BCUT2D eigenvalue weighted by molar-refractivity contribution is -0.336. The molecule has 5 fully saturated rings. The summed E-state index contributed by atoms with van der Waals surface area (Å²) in [5.41, 5.74) is -2.96. The van der Waals surface area contributed by atoms with Gasteiger partial charge in [0.2, 0.25) is 0 Å². The van der Waals surface area contributed by atoms with Crippen molar-refractivity contribution >= 4 is 5.97 Å². The van der Waals surface area contributed by atoms with Gasteiger partial charge in [-0.3, -0.25) is 4.79 Å². The number of ether oxygens (including phenoxy) is 2. The van der Waals surface area contributed by atoms with Crippen molar-refractivity contribution in [1.29, 1.82) is 0 Å². The maximum atomic E-state index is 12.6. The van der Waals surface area contributed by atoms with Crippen LogP contribution >= 0.6 is 0 Å². The Kier molecular flexibility index (Phi) is 6.57. The number of rotatable bonds is 5. The normalized spacial score (nSPS) is 56.6. The summed E-state index contributed by atoms with van der Waals surface area (Å²) in [6, 6.07) is 0. The van der Waals surface area contributed by atoms with Gasteiger partial charge < -0.3 is 45.2 Å². The van der Waals surface area contributed by atoms with E-state index in [9.17, 15) is 40.5 Å². The first-order chi connectivity index (χ1) is 16.9. The molecule has 4 aliphatic carbocycles. The third-order valence-electron chi connectivity index (χ3n) is 11.3. The number of carbonyl (C=O) groups is 1. The molecule has 4 saturated carbocycles. The minimum atomic E-state index is -1.56. The molecule has 1 heterocycles. The van der Waals surface area contributed by atoms with Gasteiger partial charge in [-0.2, -0.15) is 0 Å². The predicted octanol–water partition coefficient (Wildman–Crippen LogP) is 0.00230. The Hall–Kier alpha value is -0.850. The van der Waals surface area contributed by atoms with Crippen molar-refractivity contribution in [2.75, 3.05) is 13.2 Å². The molecule has 206 valence electrons. The molecule has 13 atom stereocenters. The van der Waals surface area contributed by atoms with Crippen LogP contribution in [0.5, 0.6) is 0 Å². The molecule has 10 heteroatoms. The molecular formula is C26H42O10. The third kappa shape index (κ3) is 3.56. The van der Waals surface area contributed by atoms with Crippen LogP contribution in [0, 0.1) is 34.0 Å². The fourth-order valence-corrected chi connectivity index (χ4v) is 9.51. The second-order valence-corrected chi connectivity index (χ2v) is 12.9. The molecule has 1 aliphatic heterocycles. The summed E-state index contributed by atoms with van der Waals surface area (Å²) in [7, 11) is 0. The molecule has 0 radical (unpaired) electrons. The van der Waals surface area contributed by atoms with E-state index < -0.39 is 65.8 Å². The molecule has 7 N–H and O–H groups in total. The van der Waals surface area contributed by atoms with Gasteiger partial charge >= 0.3 is 5.97 Å². The predicted molar refractivity (Wildman–Crippen MR) is 124 cm³/mol. The highest BCUT2D eigenvalue weighted by Crippen LogP contribution is 2.73. The Bertz CT molecular complexity index is 868. The maximum absolute atomic E-state index is 12.6. The number of carboxylic acids is 1. The molecule has 5 rings (SSSR count). The topological polar surface area (TPSA) is 177 Å². The van der Waals surface area contributed by atoms with E-state index in [4.69, 9.17) is 9.47 Å². The summed E-state index contributed by atoms with van der Waals surface area (Å²) in [5.74, 6) is -1.01. The molecular weight excluding hydrogens is 472 g/mol. The average Bonchev–Trinajstić information content (AvgIpc) is 3.05. The molecule has 1 saturated heterocycles. The highest BCUT2D eigenvalue weighted by atomic mass is 16.7. The van der Waals surface area contributed by atoms with Gasteiger partial charge in [-0.1, -0.05) is 6.92 Å². The van der Waals surface area contributed by atoms with Crippen LogP contribution in [0.1, 0.15) is 65.2 Å². The van der Waals surface area contributed by atoms with Crippen LogP contribution in [0.4, 0.5) is 0 Å². The Balaban J connectivity index is 1.51. The lowest BCUT2D eigenvalue weighted by Gasteiger charge is -2.65. The zero-order valence-corrected chi connectivity index (χ0v) is 21.1. The molecule has 10 nitrogen and oxygen atoms in total. The van der Waals surface area contributed by atoms with Crippen molar-refractivity contribution in [3.05, 3.63) is 0 Å². The van der Waals surface area contributed by atoms with Gasteiger partial charge in [0, 0.05) is 5.41 Å². The molecule has 2 bridgehead atoms. The van der Waals surface area contributed by atoms with Crippen LogP contribution in [0.15, 0.2) is 0 Å². The van der Waals surface area contributed by atoms with Gasteiger partial charge in [-0.25, -0.2) is 0 Å². The van der Waals surface area contributed by atoms with Crippen LogP contribution in [-0.4, -0.2) is 97.3 Å². The van der Waals surface area contributed by atoms with E-state index in [1.807, 2.05) is 6.92 Å². The fraction of sp³-hybridized carbons (Fsp3) is 0.962. The summed E-state index contributed by atoms with van der Waals surface area (Å²) < 4.78 is 12.1. The average molecular weight is 515 g/mol. The Labute approximate surface area is 211 Å². The Morgan fingerprint density at radius 3 is 2.33 bits per heavy atom. The Morgan fingerprint density at radius 2 is 1.69 bits per heavy atom. The molecule has 0 aromatic rings. The van der Waals surface area contributed by atoms with Crippen LogP contribution in [0.3, 0.4) is 0 Å². The second-order valence-electron chi connectivity index (χ2n) is 12.9. The van der Waals surface area contributed by atoms with Gasteiger partial charge in [0.15, 0.2) is 6.29 Å². The molecule has 0 aromatic carbocycles. The fourth-order valence-electron chi connectivity index (χ4n) is 9.51. The quantitative estimate of drug-likeness (QED) is 0.264. The summed E-state index contributed by atoms with van der Waals surface area (Å²) in [6.07, 6.45) is -2.45. The van der Waals surface area contributed by atoms with E-state index in [-0.39, 0.29) is 29.8 Å². The smallest absolute Gasteiger partial charge is 0.309 e. The zero-order valence-electron chi connectivity index (χ0n) is 21.1. The zero-order chi connectivity index (χ0) is 26.3. The van der Waals surface area contributed by atoms with Gasteiger partial charge in [0.25, 0.3) is 0 Å². The van der Waals surface area contributed by atoms with Crippen molar-refractivity contribution in [2.24, 2.45) is 34.0 Å². The third-order valence-corrected chi connectivity index (χ3v) is 11.3. The minimum Gasteiger partial charge on any atom is -0.481 e. The molecule has 0 aromatic heterocycles. The summed E-state index contributed by atoms with van der Waals surface area (Å²) in [5, 5.41) is 72.4. The van der Waals surface area contributed by atoms with Crippen molar-refractivity contribution in [3.8, 4) is 0 Å². The minimum absolute atomic E-state index is 0.0122. The van der Waals surface area contributed by atoms with Gasteiger partial charge in [-0.15, -0.1) is 0 Å². The number of aliphatic hydroxyl groups excluding tert-OH is 5. The number of fused-ring (bicyclic) bond motifs is 3. The van der Waals surface area contributed by atoms with E-state index in [1.54, 1.807) is 0 Å². The molecule has 0 amide bonds. The van der Waals surface area contributed by atoms with Crippen LogP contribution in [-0.2, 0) is 14.3 Å². The SMILES string of the molecule is C[C@@]12[C@@H](O[C@@H]3O[C@H](CO)[C@@H](O)[C@H](O)[C@H]3O)CC[C@@](C)(C(=O)O)[C@H]1CC[C@@]13C[C@@H](CC[C@H]12)[C@@](O)(CO)C3. The largest absolute Gasteiger partial charge is 0.481 e. The molecule has 0 unspecified atom stereocenters. The van der Waals surface area contributed by atoms with E-state index in [1.165, 1.54) is 0 Å². The summed E-state index contributed by atoms with van der Waals surface area (Å²) >= 11 is 0. The van der Waals surface area contributed by atoms with Crippen LogP contribution in [0.2, 0.25) is 0 Å². The van der Waals surface area contributed by atoms with Crippen molar-refractivity contribution < 1.29 is 50.0 Å². The van der Waals surface area contributed by atoms with E-state index >= 15 is 0 Å². The first-order valence-corrected chi connectivity index (χ1v) is 13.4. The number of hydrogen-bond acceptors (Lipinski definition) is 9. The first-order valence-electron chi connectivity index (χ1n) is 13.4. The lowest BCUT2D eigenvalue weighted by Crippen LogP contribution is -2.66. The Morgan fingerprint density at radius 1 is 0.972 bits per heavy atom. The number of carboxylic acid groups (broad SMARTS) is 1. The van der Waals surface area contributed by atoms with E-state index in [2.05, 4.69) is 6.92 Å². The summed E-state index contributed by atoms with van der Waals surface area (Å²) in [4.78, 5) is 12.6. The number of hydrogen-bond donors (Lipinski definition) is 7. The highest BCUT2D eigenvalue weighted by molar-refractivity contribution is 5.75. The van der Waals surface area contributed by atoms with Gasteiger partial charge in [0.1, 0.15) is 24.4 Å². The van der Waals surface area contributed by atoms with Crippen LogP contribution in [0.25, 0.3) is 0 Å². The number of aliphatic carboxylic acids is 1. The standard InChI is InChI=1S/C26H42O10/c1-23(22(32)33)7-6-17(36-21-20(31)19(30)18(29)14(10-27)35-21)24(2)15(23)5-8-25-9-13(3-4-16(24)25)26(34,11-25)12-28/h13-21,27-31,34H,3-12H2,1-2H3,(H,32,33)/t13-,14-,15-,16+,17+,18-,19+,20-,21+,23-,24-,25+,26+/m1/s1. The van der Waals surface area contributed by atoms with Crippen molar-refractivity contribution in [3.63, 3.8) is 0 Å². The van der Waals surface area contributed by atoms with Gasteiger partial charge in [0.05, 0.1) is 30.3 Å². The van der Waals surface area contributed by atoms with Crippen molar-refractivity contribution in [2.45, 2.75) is 108 Å². The first kappa shape index (κ1) is 26.7. The molecule has 1 spiro atoms. The van der Waals surface area contributed by atoms with Crippen LogP contribution < -0.4 is 0 Å². The molecule has 36 heavy (non-hydrogen) atoms. The van der Waals surface area contributed by atoms with E-state index in [0.717, 1.165) is 25.7 Å². The lowest BCUT2D eigenvalue weighted by atomic mass is 9.40. The second kappa shape index (κ2) is 8.84. The van der Waals surface area contributed by atoms with Crippen molar-refractivity contribution in [1.82, 2.24) is 0 Å². The monoisotopic (exact) mass is 514 g/mol. The van der Waals surface area contributed by atoms with Gasteiger partial charge in [-0.05, 0) is 81.5 Å². The molecule has 5 aliphatic rings. The van der Waals surface area contributed by atoms with E-state index in [0.29, 0.717) is 25.7 Å². The maximum Gasteiger partial charge on any atom is 0.309 e. The number of aliphatic hydroxyl groups is 6. The highest BCUT2D eigenvalue weighted by Gasteiger charge is 2.71.